The molecule has 2 N–H and O–H groups in total. The van der Waals surface area contributed by atoms with E-state index in [9.17, 15) is 13.6 Å². The molecule has 19 heavy (non-hydrogen) atoms. The second-order valence-electron chi connectivity index (χ2n) is 4.78. The molecule has 1 aliphatic rings. The molecule has 0 aliphatic carbocycles. The fourth-order valence-electron chi connectivity index (χ4n) is 2.15. The van der Waals surface area contributed by atoms with Crippen molar-refractivity contribution in [3.8, 4) is 0 Å². The summed E-state index contributed by atoms with van der Waals surface area (Å²) in [5.41, 5.74) is 6.44. The van der Waals surface area contributed by atoms with Crippen LogP contribution in [0.1, 0.15) is 18.9 Å². The summed E-state index contributed by atoms with van der Waals surface area (Å²) in [4.78, 5) is 13.6. The number of rotatable bonds is 2. The Labute approximate surface area is 110 Å². The van der Waals surface area contributed by atoms with Crippen molar-refractivity contribution in [2.45, 2.75) is 19.4 Å². The van der Waals surface area contributed by atoms with Gasteiger partial charge in [-0.15, -0.1) is 0 Å². The van der Waals surface area contributed by atoms with Crippen LogP contribution in [0, 0.1) is 11.6 Å². The van der Waals surface area contributed by atoms with Gasteiger partial charge in [-0.05, 0) is 31.1 Å². The predicted octanol–water partition coefficient (Wildman–Crippen LogP) is 1.93. The van der Waals surface area contributed by atoms with Crippen molar-refractivity contribution in [3.63, 3.8) is 0 Å². The molecule has 0 bridgehead atoms. The highest BCUT2D eigenvalue weighted by molar-refractivity contribution is 5.95. The SMILES string of the molecule is C/C(=C\C(=O)N1CC[C@@H](N)C1)c1ccc(F)cc1F. The van der Waals surface area contributed by atoms with Crippen LogP contribution in [0.3, 0.4) is 0 Å². The number of amides is 1. The van der Waals surface area contributed by atoms with E-state index in [1.807, 2.05) is 0 Å². The monoisotopic (exact) mass is 266 g/mol. The molecule has 0 radical (unpaired) electrons. The molecule has 0 unspecified atom stereocenters. The van der Waals surface area contributed by atoms with E-state index in [1.54, 1.807) is 11.8 Å². The van der Waals surface area contributed by atoms with Gasteiger partial charge in [0.1, 0.15) is 11.6 Å². The molecule has 1 aromatic carbocycles. The molecule has 3 nitrogen and oxygen atoms in total. The average molecular weight is 266 g/mol. The van der Waals surface area contributed by atoms with Gasteiger partial charge >= 0.3 is 0 Å². The standard InChI is InChI=1S/C14H16F2N2O/c1-9(12-3-2-10(15)7-13(12)16)6-14(19)18-5-4-11(17)8-18/h2-3,6-7,11H,4-5,8,17H2,1H3/b9-6+/t11-/m1/s1. The number of carbonyl (C=O) groups is 1. The van der Waals surface area contributed by atoms with E-state index in [4.69, 9.17) is 5.73 Å². The van der Waals surface area contributed by atoms with Crippen LogP contribution in [-0.2, 0) is 4.79 Å². The fraction of sp³-hybridized carbons (Fsp3) is 0.357. The van der Waals surface area contributed by atoms with Crippen molar-refractivity contribution in [2.24, 2.45) is 5.73 Å². The van der Waals surface area contributed by atoms with Crippen LogP contribution >= 0.6 is 0 Å². The summed E-state index contributed by atoms with van der Waals surface area (Å²) in [7, 11) is 0. The normalized spacial score (nSPS) is 19.9. The molecular formula is C14H16F2N2O. The molecule has 1 aliphatic heterocycles. The van der Waals surface area contributed by atoms with E-state index < -0.39 is 11.6 Å². The fourth-order valence-corrected chi connectivity index (χ4v) is 2.15. The Hall–Kier alpha value is -1.75. The third kappa shape index (κ3) is 3.17. The lowest BCUT2D eigenvalue weighted by Crippen LogP contribution is -2.30. The van der Waals surface area contributed by atoms with Crippen molar-refractivity contribution in [1.82, 2.24) is 4.90 Å². The number of allylic oxidation sites excluding steroid dienone is 1. The van der Waals surface area contributed by atoms with E-state index in [0.29, 0.717) is 18.7 Å². The lowest BCUT2D eigenvalue weighted by atomic mass is 10.1. The zero-order valence-electron chi connectivity index (χ0n) is 10.7. The third-order valence-corrected chi connectivity index (χ3v) is 3.23. The Kier molecular flexibility index (Phi) is 3.95. The number of carbonyl (C=O) groups excluding carboxylic acids is 1. The molecule has 0 spiro atoms. The highest BCUT2D eigenvalue weighted by Crippen LogP contribution is 2.19. The summed E-state index contributed by atoms with van der Waals surface area (Å²) in [5, 5.41) is 0. The molecule has 1 fully saturated rings. The maximum atomic E-state index is 13.6. The second-order valence-corrected chi connectivity index (χ2v) is 4.78. The van der Waals surface area contributed by atoms with Crippen LogP contribution in [0.25, 0.3) is 5.57 Å². The van der Waals surface area contributed by atoms with Crippen molar-refractivity contribution < 1.29 is 13.6 Å². The number of hydrogen-bond donors (Lipinski definition) is 1. The summed E-state index contributed by atoms with van der Waals surface area (Å²) in [5.74, 6) is -1.49. The minimum atomic E-state index is -0.667. The Balaban J connectivity index is 2.16. The number of hydrogen-bond acceptors (Lipinski definition) is 2. The summed E-state index contributed by atoms with van der Waals surface area (Å²) < 4.78 is 26.4. The van der Waals surface area contributed by atoms with E-state index >= 15 is 0 Å². The molecule has 102 valence electrons. The average Bonchev–Trinajstić information content (AvgIpc) is 2.75. The Morgan fingerprint density at radius 1 is 1.47 bits per heavy atom. The molecule has 0 aromatic heterocycles. The Morgan fingerprint density at radius 3 is 2.79 bits per heavy atom. The molecule has 1 saturated heterocycles. The quantitative estimate of drug-likeness (QED) is 0.831. The van der Waals surface area contributed by atoms with Crippen LogP contribution in [-0.4, -0.2) is 29.9 Å². The predicted molar refractivity (Wildman–Crippen MR) is 69.2 cm³/mol. The second kappa shape index (κ2) is 5.48. The van der Waals surface area contributed by atoms with Gasteiger partial charge in [-0.1, -0.05) is 0 Å². The Morgan fingerprint density at radius 2 is 2.21 bits per heavy atom. The smallest absolute Gasteiger partial charge is 0.246 e. The minimum Gasteiger partial charge on any atom is -0.338 e. The van der Waals surface area contributed by atoms with Gasteiger partial charge in [-0.25, -0.2) is 8.78 Å². The molecule has 1 aromatic rings. The molecule has 1 amide bonds. The van der Waals surface area contributed by atoms with Gasteiger partial charge in [0.05, 0.1) is 0 Å². The van der Waals surface area contributed by atoms with Crippen LogP contribution in [0.15, 0.2) is 24.3 Å². The van der Waals surface area contributed by atoms with Crippen LogP contribution < -0.4 is 5.73 Å². The van der Waals surface area contributed by atoms with Gasteiger partial charge < -0.3 is 10.6 Å². The van der Waals surface area contributed by atoms with Crippen molar-refractivity contribution in [2.75, 3.05) is 13.1 Å². The summed E-state index contributed by atoms with van der Waals surface area (Å²) in [6.07, 6.45) is 2.15. The lowest BCUT2D eigenvalue weighted by Gasteiger charge is -2.14. The van der Waals surface area contributed by atoms with Gasteiger partial charge in [-0.3, -0.25) is 4.79 Å². The zero-order valence-corrected chi connectivity index (χ0v) is 10.7. The number of benzene rings is 1. The molecular weight excluding hydrogens is 250 g/mol. The number of nitrogens with two attached hydrogens (primary N) is 1. The Bertz CT molecular complexity index is 528. The third-order valence-electron chi connectivity index (χ3n) is 3.23. The highest BCUT2D eigenvalue weighted by atomic mass is 19.1. The number of likely N-dealkylation sites (tertiary alicyclic amines) is 1. The van der Waals surface area contributed by atoms with E-state index in [-0.39, 0.29) is 17.5 Å². The van der Waals surface area contributed by atoms with E-state index in [1.165, 1.54) is 18.2 Å². The van der Waals surface area contributed by atoms with Crippen LogP contribution in [0.4, 0.5) is 8.78 Å². The lowest BCUT2D eigenvalue weighted by molar-refractivity contribution is -0.125. The van der Waals surface area contributed by atoms with Gasteiger partial charge in [0.25, 0.3) is 0 Å². The summed E-state index contributed by atoms with van der Waals surface area (Å²) in [6.45, 7) is 2.77. The van der Waals surface area contributed by atoms with E-state index in [2.05, 4.69) is 0 Å². The molecule has 1 heterocycles. The topological polar surface area (TPSA) is 46.3 Å². The minimum absolute atomic E-state index is 0.0141. The van der Waals surface area contributed by atoms with Gasteiger partial charge in [-0.2, -0.15) is 0 Å². The van der Waals surface area contributed by atoms with Crippen LogP contribution in [0.5, 0.6) is 0 Å². The summed E-state index contributed by atoms with van der Waals surface area (Å²) in [6, 6.07) is 3.33. The van der Waals surface area contributed by atoms with Crippen LogP contribution in [0.2, 0.25) is 0 Å². The van der Waals surface area contributed by atoms with Gasteiger partial charge in [0.2, 0.25) is 5.91 Å². The largest absolute Gasteiger partial charge is 0.338 e. The molecule has 1 atom stereocenters. The summed E-state index contributed by atoms with van der Waals surface area (Å²) >= 11 is 0. The first-order valence-corrected chi connectivity index (χ1v) is 6.15. The van der Waals surface area contributed by atoms with Crippen molar-refractivity contribution in [1.29, 1.82) is 0 Å². The van der Waals surface area contributed by atoms with Gasteiger partial charge in [0.15, 0.2) is 0 Å². The first-order valence-electron chi connectivity index (χ1n) is 6.15. The number of halogens is 2. The van der Waals surface area contributed by atoms with Crippen molar-refractivity contribution in [3.05, 3.63) is 41.5 Å². The first kappa shape index (κ1) is 13.7. The van der Waals surface area contributed by atoms with Gasteiger partial charge in [0, 0.05) is 36.8 Å². The maximum absolute atomic E-state index is 13.6. The molecule has 5 heteroatoms. The number of nitrogens with zero attached hydrogens (tertiary/aromatic N) is 1. The maximum Gasteiger partial charge on any atom is 0.246 e. The molecule has 0 saturated carbocycles. The first-order chi connectivity index (χ1) is 8.97. The zero-order chi connectivity index (χ0) is 14.0. The van der Waals surface area contributed by atoms with E-state index in [0.717, 1.165) is 12.5 Å². The molecule has 2 rings (SSSR count). The highest BCUT2D eigenvalue weighted by Gasteiger charge is 2.22. The van der Waals surface area contributed by atoms with Crippen molar-refractivity contribution >= 4 is 11.5 Å².